The summed E-state index contributed by atoms with van der Waals surface area (Å²) in [7, 11) is 0. The fraction of sp³-hybridized carbons (Fsp3) is 1.00. The van der Waals surface area contributed by atoms with Gasteiger partial charge in [0.25, 0.3) is 0 Å². The second-order valence-corrected chi connectivity index (χ2v) is 5.18. The highest BCUT2D eigenvalue weighted by molar-refractivity contribution is 4.76. The Hall–Kier alpha value is -0.120. The van der Waals surface area contributed by atoms with Gasteiger partial charge in [-0.2, -0.15) is 0 Å². The van der Waals surface area contributed by atoms with E-state index in [0.29, 0.717) is 0 Å². The molecule has 3 nitrogen and oxygen atoms in total. The quantitative estimate of drug-likeness (QED) is 0.666. The molecule has 3 heteroatoms. The first-order valence-electron chi connectivity index (χ1n) is 6.92. The molecule has 2 fully saturated rings. The zero-order chi connectivity index (χ0) is 11.2. The Kier molecular flexibility index (Phi) is 5.07. The van der Waals surface area contributed by atoms with Crippen LogP contribution in [0.25, 0.3) is 0 Å². The second-order valence-electron chi connectivity index (χ2n) is 5.18. The largest absolute Gasteiger partial charge is 0.380 e. The van der Waals surface area contributed by atoms with E-state index in [-0.39, 0.29) is 0 Å². The summed E-state index contributed by atoms with van der Waals surface area (Å²) in [5.74, 6) is 0.896. The Morgan fingerprint density at radius 3 is 2.56 bits per heavy atom. The lowest BCUT2D eigenvalue weighted by molar-refractivity contribution is 0.119. The minimum absolute atomic E-state index is 0.729. The van der Waals surface area contributed by atoms with Crippen molar-refractivity contribution in [3.8, 4) is 0 Å². The van der Waals surface area contributed by atoms with Crippen LogP contribution in [0.1, 0.15) is 32.6 Å². The number of hydrogen-bond acceptors (Lipinski definition) is 3. The minimum Gasteiger partial charge on any atom is -0.380 e. The van der Waals surface area contributed by atoms with Crippen molar-refractivity contribution in [2.24, 2.45) is 5.92 Å². The zero-order valence-corrected chi connectivity index (χ0v) is 10.6. The predicted molar refractivity (Wildman–Crippen MR) is 66.7 cm³/mol. The van der Waals surface area contributed by atoms with E-state index in [1.807, 2.05) is 0 Å². The molecule has 0 spiro atoms. The van der Waals surface area contributed by atoms with Crippen molar-refractivity contribution >= 4 is 0 Å². The summed E-state index contributed by atoms with van der Waals surface area (Å²) in [5.41, 5.74) is 0. The smallest absolute Gasteiger partial charge is 0.0591 e. The highest BCUT2D eigenvalue weighted by atomic mass is 16.5. The van der Waals surface area contributed by atoms with Gasteiger partial charge in [0.15, 0.2) is 0 Å². The molecule has 1 N–H and O–H groups in total. The molecule has 1 aliphatic carbocycles. The van der Waals surface area contributed by atoms with E-state index in [1.54, 1.807) is 0 Å². The van der Waals surface area contributed by atoms with Gasteiger partial charge < -0.3 is 15.0 Å². The standard InChI is InChI=1S/C13H26N2O/c1-2-15-8-5-13(6-9-15)14-7-10-16-11-12-3-4-12/h12-14H,2-11H2,1H3. The lowest BCUT2D eigenvalue weighted by Gasteiger charge is -2.31. The molecule has 0 radical (unpaired) electrons. The van der Waals surface area contributed by atoms with Gasteiger partial charge in [0.1, 0.15) is 0 Å². The van der Waals surface area contributed by atoms with Crippen LogP contribution in [0.4, 0.5) is 0 Å². The van der Waals surface area contributed by atoms with E-state index in [2.05, 4.69) is 17.1 Å². The van der Waals surface area contributed by atoms with E-state index in [0.717, 1.165) is 31.7 Å². The molecular weight excluding hydrogens is 200 g/mol. The summed E-state index contributed by atoms with van der Waals surface area (Å²) in [6, 6.07) is 0.729. The zero-order valence-electron chi connectivity index (χ0n) is 10.6. The maximum absolute atomic E-state index is 5.62. The highest BCUT2D eigenvalue weighted by Crippen LogP contribution is 2.28. The molecule has 1 aliphatic heterocycles. The Morgan fingerprint density at radius 2 is 1.94 bits per heavy atom. The van der Waals surface area contributed by atoms with Crippen molar-refractivity contribution in [2.45, 2.75) is 38.6 Å². The third-order valence-corrected chi connectivity index (χ3v) is 3.76. The minimum atomic E-state index is 0.729. The van der Waals surface area contributed by atoms with Crippen LogP contribution < -0.4 is 5.32 Å². The average molecular weight is 226 g/mol. The Labute approximate surface area is 99.5 Å². The monoisotopic (exact) mass is 226 g/mol. The van der Waals surface area contributed by atoms with Gasteiger partial charge in [-0.1, -0.05) is 6.92 Å². The van der Waals surface area contributed by atoms with Crippen LogP contribution in [-0.4, -0.2) is 50.3 Å². The first-order valence-corrected chi connectivity index (χ1v) is 6.92. The molecule has 2 aliphatic rings. The summed E-state index contributed by atoms with van der Waals surface area (Å²) < 4.78 is 5.62. The van der Waals surface area contributed by atoms with Gasteiger partial charge in [-0.25, -0.2) is 0 Å². The molecule has 0 amide bonds. The van der Waals surface area contributed by atoms with Gasteiger partial charge in [-0.15, -0.1) is 0 Å². The fourth-order valence-corrected chi connectivity index (χ4v) is 2.32. The second kappa shape index (κ2) is 6.58. The van der Waals surface area contributed by atoms with Gasteiger partial charge in [-0.05, 0) is 51.2 Å². The van der Waals surface area contributed by atoms with Crippen molar-refractivity contribution in [1.82, 2.24) is 10.2 Å². The Morgan fingerprint density at radius 1 is 1.19 bits per heavy atom. The number of hydrogen-bond donors (Lipinski definition) is 1. The number of rotatable bonds is 7. The van der Waals surface area contributed by atoms with E-state index in [1.165, 1.54) is 45.3 Å². The maximum atomic E-state index is 5.62. The van der Waals surface area contributed by atoms with E-state index in [9.17, 15) is 0 Å². The molecule has 0 aromatic rings. The summed E-state index contributed by atoms with van der Waals surface area (Å²) >= 11 is 0. The molecule has 0 bridgehead atoms. The lowest BCUT2D eigenvalue weighted by Crippen LogP contribution is -2.43. The molecule has 0 atom stereocenters. The summed E-state index contributed by atoms with van der Waals surface area (Å²) in [4.78, 5) is 2.53. The van der Waals surface area contributed by atoms with Crippen LogP contribution in [0.15, 0.2) is 0 Å². The molecule has 1 saturated carbocycles. The van der Waals surface area contributed by atoms with Crippen LogP contribution in [0.3, 0.4) is 0 Å². The topological polar surface area (TPSA) is 24.5 Å². The van der Waals surface area contributed by atoms with E-state index in [4.69, 9.17) is 4.74 Å². The van der Waals surface area contributed by atoms with Crippen LogP contribution in [0, 0.1) is 5.92 Å². The molecule has 1 saturated heterocycles. The first kappa shape index (κ1) is 12.3. The van der Waals surface area contributed by atoms with Crippen molar-refractivity contribution in [2.75, 3.05) is 39.4 Å². The molecule has 16 heavy (non-hydrogen) atoms. The number of likely N-dealkylation sites (tertiary alicyclic amines) is 1. The number of ether oxygens (including phenoxy) is 1. The molecule has 1 heterocycles. The van der Waals surface area contributed by atoms with Gasteiger partial charge in [0, 0.05) is 19.2 Å². The fourth-order valence-electron chi connectivity index (χ4n) is 2.32. The third-order valence-electron chi connectivity index (χ3n) is 3.76. The maximum Gasteiger partial charge on any atom is 0.0591 e. The van der Waals surface area contributed by atoms with Gasteiger partial charge >= 0.3 is 0 Å². The average Bonchev–Trinajstić information content (AvgIpc) is 3.13. The Bertz CT molecular complexity index is 186. The van der Waals surface area contributed by atoms with Crippen LogP contribution in [0.2, 0.25) is 0 Å². The van der Waals surface area contributed by atoms with Gasteiger partial charge in [0.05, 0.1) is 6.61 Å². The molecule has 0 aromatic carbocycles. The number of piperidine rings is 1. The van der Waals surface area contributed by atoms with Gasteiger partial charge in [0.2, 0.25) is 0 Å². The number of nitrogens with zero attached hydrogens (tertiary/aromatic N) is 1. The predicted octanol–water partition coefficient (Wildman–Crippen LogP) is 1.49. The molecule has 0 aromatic heterocycles. The summed E-state index contributed by atoms with van der Waals surface area (Å²) in [5, 5.41) is 3.61. The van der Waals surface area contributed by atoms with Crippen molar-refractivity contribution in [3.05, 3.63) is 0 Å². The molecule has 2 rings (SSSR count). The molecule has 94 valence electrons. The van der Waals surface area contributed by atoms with Crippen molar-refractivity contribution in [1.29, 1.82) is 0 Å². The van der Waals surface area contributed by atoms with Crippen LogP contribution in [-0.2, 0) is 4.74 Å². The van der Waals surface area contributed by atoms with Crippen molar-refractivity contribution in [3.63, 3.8) is 0 Å². The first-order chi connectivity index (χ1) is 7.88. The Balaban J connectivity index is 1.43. The van der Waals surface area contributed by atoms with E-state index < -0.39 is 0 Å². The summed E-state index contributed by atoms with van der Waals surface area (Å²) in [6.07, 6.45) is 5.39. The SMILES string of the molecule is CCN1CCC(NCCOCC2CC2)CC1. The van der Waals surface area contributed by atoms with Gasteiger partial charge in [-0.3, -0.25) is 0 Å². The number of nitrogens with one attached hydrogen (secondary N) is 1. The van der Waals surface area contributed by atoms with Crippen LogP contribution in [0.5, 0.6) is 0 Å². The normalized spacial score (nSPS) is 23.8. The van der Waals surface area contributed by atoms with E-state index >= 15 is 0 Å². The molecular formula is C13H26N2O. The summed E-state index contributed by atoms with van der Waals surface area (Å²) in [6.45, 7) is 8.90. The molecule has 0 unspecified atom stereocenters. The highest BCUT2D eigenvalue weighted by Gasteiger charge is 2.21. The van der Waals surface area contributed by atoms with Crippen LogP contribution >= 0.6 is 0 Å². The lowest BCUT2D eigenvalue weighted by atomic mass is 10.1. The third kappa shape index (κ3) is 4.40. The van der Waals surface area contributed by atoms with Crippen molar-refractivity contribution < 1.29 is 4.74 Å².